The lowest BCUT2D eigenvalue weighted by Gasteiger charge is -2.20. The van der Waals surface area contributed by atoms with Crippen LogP contribution in [-0.2, 0) is 10.3 Å². The molecule has 0 aliphatic carbocycles. The van der Waals surface area contributed by atoms with Crippen LogP contribution in [0.15, 0.2) is 48.5 Å². The second-order valence-corrected chi connectivity index (χ2v) is 8.17. The molecule has 5 nitrogen and oxygen atoms in total. The number of ether oxygens (including phenoxy) is 1. The van der Waals surface area contributed by atoms with Gasteiger partial charge >= 0.3 is 0 Å². The fraction of sp³-hybridized carbons (Fsp3) is 0.360. The minimum Gasteiger partial charge on any atom is -0.497 e. The second kappa shape index (κ2) is 9.16. The fourth-order valence-corrected chi connectivity index (χ4v) is 3.69. The molecule has 0 unspecified atom stereocenters. The maximum atomic E-state index is 12.8. The van der Waals surface area contributed by atoms with Crippen LogP contribution in [-0.4, -0.2) is 18.8 Å². The van der Waals surface area contributed by atoms with Gasteiger partial charge < -0.3 is 15.4 Å². The molecule has 2 N–H and O–H groups in total. The predicted molar refractivity (Wildman–Crippen MR) is 121 cm³/mol. The molecule has 2 aromatic rings. The third-order valence-electron chi connectivity index (χ3n) is 5.37. The van der Waals surface area contributed by atoms with Crippen molar-refractivity contribution < 1.29 is 14.3 Å². The number of methoxy groups -OCH3 is 1. The molecule has 158 valence electrons. The van der Waals surface area contributed by atoms with Gasteiger partial charge in [0, 0.05) is 35.0 Å². The first-order valence-electron chi connectivity index (χ1n) is 10.5. The zero-order valence-electron chi connectivity index (χ0n) is 18.2. The van der Waals surface area contributed by atoms with Crippen LogP contribution in [0.25, 0.3) is 5.70 Å². The standard InChI is InChI=1S/C25H30N2O3/c1-5-6-7-8-24(29)26-18-11-9-17(10-12-18)23(28)16-22-20-15-19(30-4)13-14-21(20)25(2,3)27-22/h9-16,27H,5-8H2,1-4H3,(H,26,29)/b22-16-. The van der Waals surface area contributed by atoms with E-state index >= 15 is 0 Å². The molecule has 2 aromatic carbocycles. The largest absolute Gasteiger partial charge is 0.497 e. The van der Waals surface area contributed by atoms with Gasteiger partial charge in [0.25, 0.3) is 0 Å². The summed E-state index contributed by atoms with van der Waals surface area (Å²) in [4.78, 5) is 24.8. The number of carbonyl (C=O) groups excluding carboxylic acids is 2. The van der Waals surface area contributed by atoms with E-state index in [1.54, 1.807) is 37.5 Å². The summed E-state index contributed by atoms with van der Waals surface area (Å²) in [6, 6.07) is 12.9. The first-order valence-corrected chi connectivity index (χ1v) is 10.5. The molecule has 3 rings (SSSR count). The second-order valence-electron chi connectivity index (χ2n) is 8.17. The van der Waals surface area contributed by atoms with Crippen molar-refractivity contribution >= 4 is 23.1 Å². The van der Waals surface area contributed by atoms with Crippen LogP contribution in [0.1, 0.15) is 67.9 Å². The maximum absolute atomic E-state index is 12.8. The van der Waals surface area contributed by atoms with Gasteiger partial charge in [-0.2, -0.15) is 0 Å². The molecule has 0 spiro atoms. The molecule has 1 heterocycles. The van der Waals surface area contributed by atoms with Crippen LogP contribution in [0.2, 0.25) is 0 Å². The quantitative estimate of drug-likeness (QED) is 0.356. The minimum absolute atomic E-state index is 0.00702. The normalized spacial score (nSPS) is 15.4. The van der Waals surface area contributed by atoms with E-state index in [0.29, 0.717) is 17.7 Å². The molecule has 0 atom stereocenters. The lowest BCUT2D eigenvalue weighted by Crippen LogP contribution is -2.28. The number of carbonyl (C=O) groups is 2. The van der Waals surface area contributed by atoms with Gasteiger partial charge in [-0.3, -0.25) is 9.59 Å². The molecule has 1 amide bonds. The van der Waals surface area contributed by atoms with E-state index in [1.165, 1.54) is 0 Å². The Hall–Kier alpha value is -3.08. The van der Waals surface area contributed by atoms with E-state index in [4.69, 9.17) is 4.74 Å². The predicted octanol–water partition coefficient (Wildman–Crippen LogP) is 5.28. The Kier molecular flexibility index (Phi) is 6.60. The van der Waals surface area contributed by atoms with Crippen molar-refractivity contribution in [1.29, 1.82) is 0 Å². The Bertz CT molecular complexity index is 959. The Morgan fingerprint density at radius 2 is 1.83 bits per heavy atom. The molecular formula is C25H30N2O3. The van der Waals surface area contributed by atoms with Crippen molar-refractivity contribution in [1.82, 2.24) is 5.32 Å². The molecule has 0 fully saturated rings. The molecule has 0 bridgehead atoms. The number of rotatable bonds is 8. The molecule has 0 saturated carbocycles. The highest BCUT2D eigenvalue weighted by Crippen LogP contribution is 2.38. The Morgan fingerprint density at radius 1 is 1.10 bits per heavy atom. The number of allylic oxidation sites excluding steroid dienone is 1. The maximum Gasteiger partial charge on any atom is 0.224 e. The lowest BCUT2D eigenvalue weighted by molar-refractivity contribution is -0.116. The molecule has 5 heteroatoms. The molecule has 1 aliphatic rings. The molecule has 0 saturated heterocycles. The number of amides is 1. The summed E-state index contributed by atoms with van der Waals surface area (Å²) in [7, 11) is 1.63. The highest BCUT2D eigenvalue weighted by atomic mass is 16.5. The number of fused-ring (bicyclic) bond motifs is 1. The van der Waals surface area contributed by atoms with Crippen LogP contribution >= 0.6 is 0 Å². The first-order chi connectivity index (χ1) is 14.3. The monoisotopic (exact) mass is 406 g/mol. The van der Waals surface area contributed by atoms with Crippen molar-refractivity contribution in [3.05, 3.63) is 65.2 Å². The summed E-state index contributed by atoms with van der Waals surface area (Å²) < 4.78 is 5.35. The lowest BCUT2D eigenvalue weighted by atomic mass is 9.94. The van der Waals surface area contributed by atoms with Gasteiger partial charge in [-0.15, -0.1) is 0 Å². The van der Waals surface area contributed by atoms with Crippen molar-refractivity contribution in [2.24, 2.45) is 0 Å². The minimum atomic E-state index is -0.264. The summed E-state index contributed by atoms with van der Waals surface area (Å²) in [5.74, 6) is 0.669. The van der Waals surface area contributed by atoms with Gasteiger partial charge in [-0.1, -0.05) is 25.8 Å². The smallest absolute Gasteiger partial charge is 0.224 e. The van der Waals surface area contributed by atoms with Gasteiger partial charge in [0.1, 0.15) is 5.75 Å². The average Bonchev–Trinajstić information content (AvgIpc) is 2.98. The van der Waals surface area contributed by atoms with E-state index in [1.807, 2.05) is 18.2 Å². The first kappa shape index (κ1) is 21.6. The van der Waals surface area contributed by atoms with Crippen LogP contribution in [0.5, 0.6) is 5.75 Å². The van der Waals surface area contributed by atoms with E-state index < -0.39 is 0 Å². The zero-order chi connectivity index (χ0) is 21.7. The molecule has 30 heavy (non-hydrogen) atoms. The van der Waals surface area contributed by atoms with Crippen molar-refractivity contribution in [3.63, 3.8) is 0 Å². The van der Waals surface area contributed by atoms with Gasteiger partial charge in [-0.25, -0.2) is 0 Å². The number of nitrogens with one attached hydrogen (secondary N) is 2. The number of unbranched alkanes of at least 4 members (excludes halogenated alkanes) is 2. The highest BCUT2D eigenvalue weighted by Gasteiger charge is 2.33. The van der Waals surface area contributed by atoms with Crippen LogP contribution in [0.4, 0.5) is 5.69 Å². The molecule has 0 aromatic heterocycles. The fourth-order valence-electron chi connectivity index (χ4n) is 3.69. The SMILES string of the molecule is CCCCCC(=O)Nc1ccc(C(=O)/C=C2\NC(C)(C)c3ccc(OC)cc32)cc1. The van der Waals surface area contributed by atoms with Crippen molar-refractivity contribution in [2.75, 3.05) is 12.4 Å². The van der Waals surface area contributed by atoms with Crippen LogP contribution in [0, 0.1) is 0 Å². The number of hydrogen-bond acceptors (Lipinski definition) is 4. The van der Waals surface area contributed by atoms with Crippen molar-refractivity contribution in [2.45, 2.75) is 52.0 Å². The van der Waals surface area contributed by atoms with E-state index in [9.17, 15) is 9.59 Å². The van der Waals surface area contributed by atoms with Crippen LogP contribution in [0.3, 0.4) is 0 Å². The van der Waals surface area contributed by atoms with Gasteiger partial charge in [0.15, 0.2) is 5.78 Å². The summed E-state index contributed by atoms with van der Waals surface area (Å²) in [5.41, 5.74) is 3.90. The molecular weight excluding hydrogens is 376 g/mol. The topological polar surface area (TPSA) is 67.4 Å². The third-order valence-corrected chi connectivity index (χ3v) is 5.37. The van der Waals surface area contributed by atoms with Gasteiger partial charge in [0.05, 0.1) is 12.6 Å². The Balaban J connectivity index is 1.73. The summed E-state index contributed by atoms with van der Waals surface area (Å²) in [6.07, 6.45) is 5.18. The molecule has 0 radical (unpaired) electrons. The average molecular weight is 407 g/mol. The van der Waals surface area contributed by atoms with E-state index in [2.05, 4.69) is 31.4 Å². The number of ketones is 1. The molecule has 1 aliphatic heterocycles. The third kappa shape index (κ3) is 4.90. The van der Waals surface area contributed by atoms with E-state index in [0.717, 1.165) is 41.8 Å². The van der Waals surface area contributed by atoms with Gasteiger partial charge in [-0.05, 0) is 62.2 Å². The summed E-state index contributed by atoms with van der Waals surface area (Å²) >= 11 is 0. The Morgan fingerprint density at radius 3 is 2.50 bits per heavy atom. The summed E-state index contributed by atoms with van der Waals surface area (Å²) in [6.45, 7) is 6.28. The number of benzene rings is 2. The van der Waals surface area contributed by atoms with Gasteiger partial charge in [0.2, 0.25) is 5.91 Å². The highest BCUT2D eigenvalue weighted by molar-refractivity contribution is 6.09. The number of hydrogen-bond donors (Lipinski definition) is 2. The zero-order valence-corrected chi connectivity index (χ0v) is 18.2. The van der Waals surface area contributed by atoms with Crippen LogP contribution < -0.4 is 15.4 Å². The Labute approximate surface area is 178 Å². The van der Waals surface area contributed by atoms with Crippen molar-refractivity contribution in [3.8, 4) is 5.75 Å². The van der Waals surface area contributed by atoms with E-state index in [-0.39, 0.29) is 17.2 Å². The number of anilines is 1. The summed E-state index contributed by atoms with van der Waals surface area (Å²) in [5, 5.41) is 6.32.